The summed E-state index contributed by atoms with van der Waals surface area (Å²) < 4.78 is 0. The van der Waals surface area contributed by atoms with Gasteiger partial charge in [0, 0.05) is 18.6 Å². The zero-order valence-corrected chi connectivity index (χ0v) is 11.8. The van der Waals surface area contributed by atoms with Gasteiger partial charge in [0.1, 0.15) is 0 Å². The Balaban J connectivity index is 2.13. The predicted molar refractivity (Wildman–Crippen MR) is 71.8 cm³/mol. The van der Waals surface area contributed by atoms with Crippen LogP contribution in [-0.2, 0) is 0 Å². The van der Waals surface area contributed by atoms with E-state index in [0.717, 1.165) is 18.4 Å². The van der Waals surface area contributed by atoms with E-state index in [4.69, 9.17) is 0 Å². The number of hydrogen-bond donors (Lipinski definition) is 1. The lowest BCUT2D eigenvalue weighted by molar-refractivity contribution is 0.139. The number of rotatable bonds is 4. The van der Waals surface area contributed by atoms with Crippen LogP contribution in [0.25, 0.3) is 0 Å². The van der Waals surface area contributed by atoms with Crippen LogP contribution in [-0.4, -0.2) is 36.6 Å². The SMILES string of the molecule is CC1CC(C)CN(CCCNC(C)(C)C)C1. The zero-order valence-electron chi connectivity index (χ0n) is 11.8. The number of piperidine rings is 1. The first-order chi connectivity index (χ1) is 7.37. The topological polar surface area (TPSA) is 15.3 Å². The van der Waals surface area contributed by atoms with Gasteiger partial charge in [-0.3, -0.25) is 0 Å². The molecule has 0 aromatic carbocycles. The second kappa shape index (κ2) is 6.02. The quantitative estimate of drug-likeness (QED) is 0.742. The summed E-state index contributed by atoms with van der Waals surface area (Å²) in [6, 6.07) is 0. The smallest absolute Gasteiger partial charge is 0.00965 e. The van der Waals surface area contributed by atoms with Crippen LogP contribution in [0.2, 0.25) is 0 Å². The fourth-order valence-corrected chi connectivity index (χ4v) is 2.74. The van der Waals surface area contributed by atoms with Crippen molar-refractivity contribution < 1.29 is 0 Å². The van der Waals surface area contributed by atoms with E-state index in [1.54, 1.807) is 0 Å². The standard InChI is InChI=1S/C14H30N2/c1-12-9-13(2)11-16(10-12)8-6-7-15-14(3,4)5/h12-13,15H,6-11H2,1-5H3. The van der Waals surface area contributed by atoms with E-state index >= 15 is 0 Å². The van der Waals surface area contributed by atoms with Crippen LogP contribution in [0.5, 0.6) is 0 Å². The molecule has 1 fully saturated rings. The highest BCUT2D eigenvalue weighted by atomic mass is 15.1. The van der Waals surface area contributed by atoms with Crippen LogP contribution in [0.15, 0.2) is 0 Å². The van der Waals surface area contributed by atoms with Gasteiger partial charge in [-0.1, -0.05) is 13.8 Å². The second-order valence-corrected chi connectivity index (χ2v) is 6.74. The Morgan fingerprint density at radius 3 is 2.19 bits per heavy atom. The van der Waals surface area contributed by atoms with Crippen LogP contribution in [0.1, 0.15) is 47.5 Å². The normalized spacial score (nSPS) is 28.3. The lowest BCUT2D eigenvalue weighted by Gasteiger charge is -2.35. The molecule has 0 saturated carbocycles. The maximum atomic E-state index is 3.56. The molecule has 16 heavy (non-hydrogen) atoms. The molecule has 2 atom stereocenters. The molecule has 0 aromatic heterocycles. The highest BCUT2D eigenvalue weighted by Gasteiger charge is 2.21. The van der Waals surface area contributed by atoms with Crippen molar-refractivity contribution in [2.45, 2.75) is 53.0 Å². The van der Waals surface area contributed by atoms with E-state index < -0.39 is 0 Å². The lowest BCUT2D eigenvalue weighted by atomic mass is 9.92. The van der Waals surface area contributed by atoms with Gasteiger partial charge in [-0.25, -0.2) is 0 Å². The number of nitrogens with zero attached hydrogens (tertiary/aromatic N) is 1. The van der Waals surface area contributed by atoms with Crippen LogP contribution in [0, 0.1) is 11.8 Å². The number of hydrogen-bond acceptors (Lipinski definition) is 2. The lowest BCUT2D eigenvalue weighted by Crippen LogP contribution is -2.41. The Kier molecular flexibility index (Phi) is 5.26. The summed E-state index contributed by atoms with van der Waals surface area (Å²) in [5.74, 6) is 1.78. The third-order valence-corrected chi connectivity index (χ3v) is 3.25. The maximum absolute atomic E-state index is 3.56. The van der Waals surface area contributed by atoms with Crippen molar-refractivity contribution in [3.63, 3.8) is 0 Å². The largest absolute Gasteiger partial charge is 0.312 e. The average Bonchev–Trinajstić information content (AvgIpc) is 2.09. The highest BCUT2D eigenvalue weighted by Crippen LogP contribution is 2.20. The van der Waals surface area contributed by atoms with Gasteiger partial charge >= 0.3 is 0 Å². The molecule has 1 N–H and O–H groups in total. The summed E-state index contributed by atoms with van der Waals surface area (Å²) in [6.45, 7) is 16.5. The van der Waals surface area contributed by atoms with Crippen molar-refractivity contribution >= 4 is 0 Å². The second-order valence-electron chi connectivity index (χ2n) is 6.74. The highest BCUT2D eigenvalue weighted by molar-refractivity contribution is 4.75. The molecule has 0 spiro atoms. The molecule has 1 aliphatic rings. The molecule has 96 valence electrons. The Hall–Kier alpha value is -0.0800. The molecule has 2 unspecified atom stereocenters. The van der Waals surface area contributed by atoms with Crippen molar-refractivity contribution in [1.82, 2.24) is 10.2 Å². The van der Waals surface area contributed by atoms with Gasteiger partial charge in [0.05, 0.1) is 0 Å². The molecule has 1 rings (SSSR count). The van der Waals surface area contributed by atoms with Crippen molar-refractivity contribution in [1.29, 1.82) is 0 Å². The third kappa shape index (κ3) is 5.86. The molecule has 0 radical (unpaired) electrons. The van der Waals surface area contributed by atoms with Crippen LogP contribution in [0.4, 0.5) is 0 Å². The zero-order chi connectivity index (χ0) is 12.2. The van der Waals surface area contributed by atoms with Crippen molar-refractivity contribution in [3.8, 4) is 0 Å². The molecule has 2 heteroatoms. The van der Waals surface area contributed by atoms with Crippen molar-refractivity contribution in [2.24, 2.45) is 11.8 Å². The van der Waals surface area contributed by atoms with E-state index in [1.807, 2.05) is 0 Å². The van der Waals surface area contributed by atoms with E-state index in [2.05, 4.69) is 44.8 Å². The molecule has 1 heterocycles. The molecule has 0 bridgehead atoms. The van der Waals surface area contributed by atoms with Gasteiger partial charge in [0.2, 0.25) is 0 Å². The Bertz CT molecular complexity index is 185. The Labute approximate surface area is 102 Å². The van der Waals surface area contributed by atoms with E-state index in [0.29, 0.717) is 0 Å². The number of nitrogens with one attached hydrogen (secondary N) is 1. The molecule has 1 aliphatic heterocycles. The fraction of sp³-hybridized carbons (Fsp3) is 1.00. The van der Waals surface area contributed by atoms with Gasteiger partial charge < -0.3 is 10.2 Å². The van der Waals surface area contributed by atoms with E-state index in [9.17, 15) is 0 Å². The van der Waals surface area contributed by atoms with Crippen LogP contribution >= 0.6 is 0 Å². The summed E-state index contributed by atoms with van der Waals surface area (Å²) in [5, 5.41) is 3.56. The van der Waals surface area contributed by atoms with Gasteiger partial charge in [-0.05, 0) is 58.5 Å². The van der Waals surface area contributed by atoms with Crippen LogP contribution < -0.4 is 5.32 Å². The number of likely N-dealkylation sites (tertiary alicyclic amines) is 1. The Morgan fingerprint density at radius 1 is 1.12 bits per heavy atom. The van der Waals surface area contributed by atoms with Gasteiger partial charge in [0.25, 0.3) is 0 Å². The average molecular weight is 226 g/mol. The maximum Gasteiger partial charge on any atom is 0.00965 e. The van der Waals surface area contributed by atoms with E-state index in [-0.39, 0.29) is 5.54 Å². The molecule has 2 nitrogen and oxygen atoms in total. The predicted octanol–water partition coefficient (Wildman–Crippen LogP) is 2.74. The molecule has 0 amide bonds. The molecular weight excluding hydrogens is 196 g/mol. The minimum atomic E-state index is 0.266. The monoisotopic (exact) mass is 226 g/mol. The third-order valence-electron chi connectivity index (χ3n) is 3.25. The summed E-state index contributed by atoms with van der Waals surface area (Å²) in [4.78, 5) is 2.64. The van der Waals surface area contributed by atoms with Gasteiger partial charge in [-0.15, -0.1) is 0 Å². The molecule has 0 aromatic rings. The van der Waals surface area contributed by atoms with E-state index in [1.165, 1.54) is 32.5 Å². The van der Waals surface area contributed by atoms with Gasteiger partial charge in [-0.2, -0.15) is 0 Å². The minimum Gasteiger partial charge on any atom is -0.312 e. The summed E-state index contributed by atoms with van der Waals surface area (Å²) in [6.07, 6.45) is 2.69. The minimum absolute atomic E-state index is 0.266. The molecular formula is C14H30N2. The van der Waals surface area contributed by atoms with Gasteiger partial charge in [0.15, 0.2) is 0 Å². The first-order valence-corrected chi connectivity index (χ1v) is 6.84. The fourth-order valence-electron chi connectivity index (χ4n) is 2.74. The molecule has 1 saturated heterocycles. The van der Waals surface area contributed by atoms with Crippen molar-refractivity contribution in [3.05, 3.63) is 0 Å². The molecule has 0 aliphatic carbocycles. The Morgan fingerprint density at radius 2 is 1.69 bits per heavy atom. The summed E-state index contributed by atoms with van der Waals surface area (Å²) in [7, 11) is 0. The first-order valence-electron chi connectivity index (χ1n) is 6.84. The summed E-state index contributed by atoms with van der Waals surface area (Å²) in [5.41, 5.74) is 0.266. The van der Waals surface area contributed by atoms with Crippen molar-refractivity contribution in [2.75, 3.05) is 26.2 Å². The van der Waals surface area contributed by atoms with Crippen LogP contribution in [0.3, 0.4) is 0 Å². The summed E-state index contributed by atoms with van der Waals surface area (Å²) >= 11 is 0. The first kappa shape index (κ1) is 14.0.